The SMILES string of the molecule is C=CCc1cc(C(=O)O)cc(CC=C)c1CC=C. The second-order valence-electron chi connectivity index (χ2n) is 4.06. The minimum Gasteiger partial charge on any atom is -0.478 e. The summed E-state index contributed by atoms with van der Waals surface area (Å²) in [5, 5.41) is 9.12. The molecule has 1 rings (SSSR count). The van der Waals surface area contributed by atoms with Gasteiger partial charge < -0.3 is 5.11 Å². The first-order valence-corrected chi connectivity index (χ1v) is 5.84. The lowest BCUT2D eigenvalue weighted by atomic mass is 9.92. The molecule has 0 aliphatic heterocycles. The Morgan fingerprint density at radius 1 is 1.00 bits per heavy atom. The normalized spacial score (nSPS) is 9.78. The standard InChI is InChI=1S/C16H18O2/c1-4-7-12-10-14(16(17)18)11-13(8-5-2)15(12)9-6-3/h4-6,10-11H,1-3,7-9H2,(H,17,18). The third-order valence-electron chi connectivity index (χ3n) is 2.76. The fraction of sp³-hybridized carbons (Fsp3) is 0.188. The Bertz CT molecular complexity index is 453. The lowest BCUT2D eigenvalue weighted by molar-refractivity contribution is 0.0696. The van der Waals surface area contributed by atoms with Crippen LogP contribution in [0, 0.1) is 0 Å². The van der Waals surface area contributed by atoms with E-state index in [4.69, 9.17) is 5.11 Å². The number of carbonyl (C=O) groups is 1. The third-order valence-corrected chi connectivity index (χ3v) is 2.76. The van der Waals surface area contributed by atoms with Crippen molar-refractivity contribution in [3.63, 3.8) is 0 Å². The minimum absolute atomic E-state index is 0.316. The summed E-state index contributed by atoms with van der Waals surface area (Å²) < 4.78 is 0. The van der Waals surface area contributed by atoms with Crippen LogP contribution < -0.4 is 0 Å². The lowest BCUT2D eigenvalue weighted by Crippen LogP contribution is -2.05. The van der Waals surface area contributed by atoms with E-state index in [0.717, 1.165) is 23.1 Å². The van der Waals surface area contributed by atoms with Gasteiger partial charge in [-0.1, -0.05) is 18.2 Å². The van der Waals surface area contributed by atoms with Crippen molar-refractivity contribution in [1.29, 1.82) is 0 Å². The second-order valence-corrected chi connectivity index (χ2v) is 4.06. The highest BCUT2D eigenvalue weighted by atomic mass is 16.4. The van der Waals surface area contributed by atoms with Crippen molar-refractivity contribution in [3.05, 3.63) is 72.4 Å². The van der Waals surface area contributed by atoms with Crippen LogP contribution in [0.4, 0.5) is 0 Å². The molecule has 0 bridgehead atoms. The molecule has 1 N–H and O–H groups in total. The number of hydrogen-bond donors (Lipinski definition) is 1. The van der Waals surface area contributed by atoms with Gasteiger partial charge in [0.15, 0.2) is 0 Å². The fourth-order valence-corrected chi connectivity index (χ4v) is 2.00. The monoisotopic (exact) mass is 242 g/mol. The molecule has 1 aromatic carbocycles. The number of carboxylic acid groups (broad SMARTS) is 1. The van der Waals surface area contributed by atoms with Crippen LogP contribution in [0.2, 0.25) is 0 Å². The quantitative estimate of drug-likeness (QED) is 0.742. The highest BCUT2D eigenvalue weighted by Gasteiger charge is 2.12. The molecule has 1 aromatic rings. The Kier molecular flexibility index (Phi) is 5.12. The Hall–Kier alpha value is -2.09. The van der Waals surface area contributed by atoms with Crippen LogP contribution in [0.5, 0.6) is 0 Å². The Labute approximate surface area is 108 Å². The summed E-state index contributed by atoms with van der Waals surface area (Å²) in [4.78, 5) is 11.1. The highest BCUT2D eigenvalue weighted by molar-refractivity contribution is 5.88. The second kappa shape index (κ2) is 6.60. The van der Waals surface area contributed by atoms with Gasteiger partial charge >= 0.3 is 5.97 Å². The zero-order valence-electron chi connectivity index (χ0n) is 10.5. The highest BCUT2D eigenvalue weighted by Crippen LogP contribution is 2.21. The van der Waals surface area contributed by atoms with E-state index in [2.05, 4.69) is 19.7 Å². The topological polar surface area (TPSA) is 37.3 Å². The number of hydrogen-bond acceptors (Lipinski definition) is 1. The van der Waals surface area contributed by atoms with E-state index in [1.807, 2.05) is 6.08 Å². The van der Waals surface area contributed by atoms with Gasteiger partial charge in [-0.3, -0.25) is 0 Å². The number of carboxylic acids is 1. The van der Waals surface area contributed by atoms with E-state index in [1.165, 1.54) is 0 Å². The van der Waals surface area contributed by atoms with Crippen molar-refractivity contribution in [3.8, 4) is 0 Å². The van der Waals surface area contributed by atoms with Crippen LogP contribution in [-0.2, 0) is 19.3 Å². The van der Waals surface area contributed by atoms with Crippen LogP contribution in [0.25, 0.3) is 0 Å². The summed E-state index contributed by atoms with van der Waals surface area (Å²) >= 11 is 0. The van der Waals surface area contributed by atoms with E-state index >= 15 is 0 Å². The molecular weight excluding hydrogens is 224 g/mol. The van der Waals surface area contributed by atoms with Crippen LogP contribution in [0.3, 0.4) is 0 Å². The minimum atomic E-state index is -0.907. The fourth-order valence-electron chi connectivity index (χ4n) is 2.00. The summed E-state index contributed by atoms with van der Waals surface area (Å²) in [6.07, 6.45) is 7.44. The van der Waals surface area contributed by atoms with Gasteiger partial charge in [0.1, 0.15) is 0 Å². The van der Waals surface area contributed by atoms with Gasteiger partial charge in [0, 0.05) is 0 Å². The Morgan fingerprint density at radius 2 is 1.44 bits per heavy atom. The number of rotatable bonds is 7. The van der Waals surface area contributed by atoms with Gasteiger partial charge in [0.25, 0.3) is 0 Å². The molecular formula is C16H18O2. The molecule has 2 nitrogen and oxygen atoms in total. The molecule has 0 saturated heterocycles. The van der Waals surface area contributed by atoms with E-state index in [1.54, 1.807) is 24.3 Å². The Morgan fingerprint density at radius 3 is 1.78 bits per heavy atom. The first-order chi connectivity index (χ1) is 8.63. The smallest absolute Gasteiger partial charge is 0.335 e. The summed E-state index contributed by atoms with van der Waals surface area (Å²) in [7, 11) is 0. The van der Waals surface area contributed by atoms with Crippen molar-refractivity contribution in [2.75, 3.05) is 0 Å². The maximum Gasteiger partial charge on any atom is 0.335 e. The predicted molar refractivity (Wildman–Crippen MR) is 75.1 cm³/mol. The summed E-state index contributed by atoms with van der Waals surface area (Å²) in [6.45, 7) is 11.2. The molecule has 0 heterocycles. The molecule has 0 unspecified atom stereocenters. The molecule has 94 valence electrons. The van der Waals surface area contributed by atoms with Gasteiger partial charge in [0.05, 0.1) is 5.56 Å². The van der Waals surface area contributed by atoms with Gasteiger partial charge in [-0.2, -0.15) is 0 Å². The predicted octanol–water partition coefficient (Wildman–Crippen LogP) is 3.57. The van der Waals surface area contributed by atoms with Gasteiger partial charge in [-0.15, -0.1) is 19.7 Å². The molecule has 0 aliphatic carbocycles. The molecule has 0 aromatic heterocycles. The van der Waals surface area contributed by atoms with Crippen molar-refractivity contribution in [1.82, 2.24) is 0 Å². The molecule has 0 fully saturated rings. The maximum absolute atomic E-state index is 11.1. The largest absolute Gasteiger partial charge is 0.478 e. The zero-order valence-corrected chi connectivity index (χ0v) is 10.5. The molecule has 0 aliphatic rings. The molecule has 18 heavy (non-hydrogen) atoms. The van der Waals surface area contributed by atoms with Crippen molar-refractivity contribution >= 4 is 5.97 Å². The number of allylic oxidation sites excluding steroid dienone is 3. The van der Waals surface area contributed by atoms with E-state index in [-0.39, 0.29) is 0 Å². The molecule has 0 amide bonds. The van der Waals surface area contributed by atoms with Gasteiger partial charge in [0.2, 0.25) is 0 Å². The van der Waals surface area contributed by atoms with Crippen molar-refractivity contribution in [2.24, 2.45) is 0 Å². The summed E-state index contributed by atoms with van der Waals surface area (Å²) in [5.41, 5.74) is 3.45. The summed E-state index contributed by atoms with van der Waals surface area (Å²) in [5.74, 6) is -0.907. The average Bonchev–Trinajstić information content (AvgIpc) is 2.33. The zero-order chi connectivity index (χ0) is 13.5. The first-order valence-electron chi connectivity index (χ1n) is 5.84. The molecule has 0 atom stereocenters. The van der Waals surface area contributed by atoms with Crippen LogP contribution in [0.15, 0.2) is 50.1 Å². The lowest BCUT2D eigenvalue weighted by Gasteiger charge is -2.13. The molecule has 2 heteroatoms. The van der Waals surface area contributed by atoms with E-state index in [9.17, 15) is 4.79 Å². The number of benzene rings is 1. The van der Waals surface area contributed by atoms with Crippen molar-refractivity contribution < 1.29 is 9.90 Å². The summed E-state index contributed by atoms with van der Waals surface area (Å²) in [6, 6.07) is 3.44. The number of aromatic carboxylic acids is 1. The van der Waals surface area contributed by atoms with Gasteiger partial charge in [-0.05, 0) is 48.1 Å². The van der Waals surface area contributed by atoms with Crippen molar-refractivity contribution in [2.45, 2.75) is 19.3 Å². The van der Waals surface area contributed by atoms with Crippen LogP contribution in [-0.4, -0.2) is 11.1 Å². The Balaban J connectivity index is 3.41. The van der Waals surface area contributed by atoms with Gasteiger partial charge in [-0.25, -0.2) is 4.79 Å². The average molecular weight is 242 g/mol. The van der Waals surface area contributed by atoms with E-state index in [0.29, 0.717) is 18.4 Å². The molecule has 0 saturated carbocycles. The molecule has 0 radical (unpaired) electrons. The first kappa shape index (κ1) is 14.0. The maximum atomic E-state index is 11.1. The molecule has 0 spiro atoms. The van der Waals surface area contributed by atoms with E-state index < -0.39 is 5.97 Å². The third kappa shape index (κ3) is 3.20. The van der Waals surface area contributed by atoms with Crippen LogP contribution >= 0.6 is 0 Å². The van der Waals surface area contributed by atoms with Crippen LogP contribution in [0.1, 0.15) is 27.0 Å².